The normalized spacial score (nSPS) is 11.2. The van der Waals surface area contributed by atoms with E-state index in [9.17, 15) is 18.0 Å². The summed E-state index contributed by atoms with van der Waals surface area (Å²) in [6.45, 7) is 0. The third-order valence-electron chi connectivity index (χ3n) is 2.49. The van der Waals surface area contributed by atoms with Crippen LogP contribution in [0.3, 0.4) is 0 Å². The topological polar surface area (TPSA) is 65.2 Å². The second kappa shape index (κ2) is 5.72. The van der Waals surface area contributed by atoms with Gasteiger partial charge in [-0.1, -0.05) is 12.1 Å². The van der Waals surface area contributed by atoms with Crippen LogP contribution in [0.5, 0.6) is 5.75 Å². The minimum absolute atomic E-state index is 0.0115. The molecule has 2 N–H and O–H groups in total. The quantitative estimate of drug-likeness (QED) is 0.850. The molecular weight excluding hydrogens is 353 g/mol. The summed E-state index contributed by atoms with van der Waals surface area (Å²) in [6.07, 6.45) is -3.51. The lowest BCUT2D eigenvalue weighted by Gasteiger charge is -2.13. The van der Waals surface area contributed by atoms with Gasteiger partial charge in [0, 0.05) is 10.7 Å². The Morgan fingerprint density at radius 1 is 1.24 bits per heavy atom. The third kappa shape index (κ3) is 3.72. The number of para-hydroxylation sites is 1. The summed E-state index contributed by atoms with van der Waals surface area (Å²) in [5.41, 5.74) is 5.33. The van der Waals surface area contributed by atoms with E-state index in [4.69, 9.17) is 5.73 Å². The summed E-state index contributed by atoms with van der Waals surface area (Å²) in [5.74, 6) is -1.37. The van der Waals surface area contributed by atoms with Gasteiger partial charge in [0.25, 0.3) is 0 Å². The van der Waals surface area contributed by atoms with E-state index >= 15 is 0 Å². The molecule has 0 amide bonds. The number of carbonyl (C=O) groups excluding carboxylic acids is 1. The summed E-state index contributed by atoms with van der Waals surface area (Å²) in [7, 11) is 0. The first-order valence-electron chi connectivity index (χ1n) is 5.58. The van der Waals surface area contributed by atoms with E-state index in [1.807, 2.05) is 0 Å². The number of anilines is 1. The van der Waals surface area contributed by atoms with Gasteiger partial charge in [-0.2, -0.15) is 0 Å². The molecular formula is C13H8BrF3N2O2. The van der Waals surface area contributed by atoms with Gasteiger partial charge in [0.15, 0.2) is 0 Å². The molecule has 1 aromatic carbocycles. The number of halogens is 4. The monoisotopic (exact) mass is 360 g/mol. The zero-order valence-electron chi connectivity index (χ0n) is 10.3. The average molecular weight is 361 g/mol. The van der Waals surface area contributed by atoms with Crippen LogP contribution in [0.2, 0.25) is 0 Å². The number of ether oxygens (including phenoxy) is 1. The van der Waals surface area contributed by atoms with Crippen LogP contribution in [0, 0.1) is 0 Å². The number of ketones is 1. The van der Waals surface area contributed by atoms with Crippen LogP contribution in [-0.2, 0) is 0 Å². The Hall–Kier alpha value is -2.09. The molecule has 0 spiro atoms. The standard InChI is InChI=1S/C13H8BrF3N2O2/c14-7-5-9(12(18)19-6-7)11(20)8-3-1-2-4-10(8)21-13(15,16)17/h1-6H,(H2,18,19). The highest BCUT2D eigenvalue weighted by Crippen LogP contribution is 2.29. The lowest BCUT2D eigenvalue weighted by atomic mass is 10.0. The van der Waals surface area contributed by atoms with Crippen molar-refractivity contribution in [2.75, 3.05) is 5.73 Å². The highest BCUT2D eigenvalue weighted by atomic mass is 79.9. The zero-order chi connectivity index (χ0) is 15.6. The Morgan fingerprint density at radius 3 is 2.57 bits per heavy atom. The molecule has 0 saturated carbocycles. The summed E-state index contributed by atoms with van der Waals surface area (Å²) in [5, 5.41) is 0. The predicted molar refractivity (Wildman–Crippen MR) is 72.9 cm³/mol. The lowest BCUT2D eigenvalue weighted by Crippen LogP contribution is -2.19. The number of alkyl halides is 3. The highest BCUT2D eigenvalue weighted by molar-refractivity contribution is 9.10. The van der Waals surface area contributed by atoms with E-state index < -0.39 is 17.9 Å². The molecule has 110 valence electrons. The second-order valence-corrected chi connectivity index (χ2v) is 4.88. The summed E-state index contributed by atoms with van der Waals surface area (Å²) >= 11 is 3.12. The number of rotatable bonds is 3. The van der Waals surface area contributed by atoms with Crippen LogP contribution in [0.4, 0.5) is 19.0 Å². The van der Waals surface area contributed by atoms with Gasteiger partial charge in [-0.15, -0.1) is 13.2 Å². The number of hydrogen-bond acceptors (Lipinski definition) is 4. The predicted octanol–water partition coefficient (Wildman–Crippen LogP) is 3.56. The smallest absolute Gasteiger partial charge is 0.405 e. The minimum Gasteiger partial charge on any atom is -0.405 e. The number of pyridine rings is 1. The Labute approximate surface area is 125 Å². The molecule has 0 radical (unpaired) electrons. The molecule has 1 heterocycles. The van der Waals surface area contributed by atoms with Crippen LogP contribution in [0.15, 0.2) is 41.0 Å². The summed E-state index contributed by atoms with van der Waals surface area (Å²) in [4.78, 5) is 16.1. The van der Waals surface area contributed by atoms with Gasteiger partial charge in [-0.05, 0) is 34.1 Å². The fourth-order valence-electron chi connectivity index (χ4n) is 1.64. The Balaban J connectivity index is 2.46. The van der Waals surface area contributed by atoms with Gasteiger partial charge >= 0.3 is 6.36 Å². The molecule has 4 nitrogen and oxygen atoms in total. The van der Waals surface area contributed by atoms with Crippen molar-refractivity contribution in [1.82, 2.24) is 4.98 Å². The molecule has 0 bridgehead atoms. The van der Waals surface area contributed by atoms with Crippen LogP contribution in [-0.4, -0.2) is 17.1 Å². The first-order valence-corrected chi connectivity index (χ1v) is 6.38. The van der Waals surface area contributed by atoms with Crippen LogP contribution >= 0.6 is 15.9 Å². The molecule has 0 unspecified atom stereocenters. The number of nitrogens with two attached hydrogens (primary N) is 1. The van der Waals surface area contributed by atoms with Crippen molar-refractivity contribution in [3.63, 3.8) is 0 Å². The Kier molecular flexibility index (Phi) is 4.17. The largest absolute Gasteiger partial charge is 0.573 e. The molecule has 21 heavy (non-hydrogen) atoms. The van der Waals surface area contributed by atoms with E-state index in [1.54, 1.807) is 0 Å². The van der Waals surface area contributed by atoms with Crippen LogP contribution in [0.1, 0.15) is 15.9 Å². The Bertz CT molecular complexity index is 689. The number of carbonyl (C=O) groups is 1. The summed E-state index contributed by atoms with van der Waals surface area (Å²) in [6, 6.07) is 6.43. The van der Waals surface area contributed by atoms with Gasteiger partial charge in [0.05, 0.1) is 11.1 Å². The van der Waals surface area contributed by atoms with E-state index in [0.29, 0.717) is 4.47 Å². The minimum atomic E-state index is -4.89. The van der Waals surface area contributed by atoms with E-state index in [1.165, 1.54) is 30.5 Å². The van der Waals surface area contributed by atoms with E-state index in [2.05, 4.69) is 25.7 Å². The average Bonchev–Trinajstić information content (AvgIpc) is 2.39. The summed E-state index contributed by atoms with van der Waals surface area (Å²) < 4.78 is 41.4. The van der Waals surface area contributed by atoms with Crippen LogP contribution < -0.4 is 10.5 Å². The molecule has 1 aromatic heterocycles. The maximum atomic E-state index is 12.4. The maximum Gasteiger partial charge on any atom is 0.573 e. The van der Waals surface area contributed by atoms with Crippen molar-refractivity contribution in [3.05, 3.63) is 52.1 Å². The molecule has 0 atom stereocenters. The first kappa shape index (κ1) is 15.3. The van der Waals surface area contributed by atoms with Gasteiger partial charge < -0.3 is 10.5 Å². The molecule has 8 heteroatoms. The number of aromatic nitrogens is 1. The number of hydrogen-bond donors (Lipinski definition) is 1. The molecule has 0 fully saturated rings. The zero-order valence-corrected chi connectivity index (χ0v) is 11.9. The fourth-order valence-corrected chi connectivity index (χ4v) is 1.98. The fraction of sp³-hybridized carbons (Fsp3) is 0.0769. The van der Waals surface area contributed by atoms with Crippen molar-refractivity contribution >= 4 is 27.5 Å². The Morgan fingerprint density at radius 2 is 1.90 bits per heavy atom. The highest BCUT2D eigenvalue weighted by Gasteiger charge is 2.33. The van der Waals surface area contributed by atoms with Gasteiger partial charge in [-0.3, -0.25) is 4.79 Å². The van der Waals surface area contributed by atoms with Crippen molar-refractivity contribution in [1.29, 1.82) is 0 Å². The SMILES string of the molecule is Nc1ncc(Br)cc1C(=O)c1ccccc1OC(F)(F)F. The molecule has 0 aliphatic carbocycles. The van der Waals surface area contributed by atoms with E-state index in [-0.39, 0.29) is 16.9 Å². The number of nitrogen functional groups attached to an aromatic ring is 1. The lowest BCUT2D eigenvalue weighted by molar-refractivity contribution is -0.274. The molecule has 0 aliphatic heterocycles. The third-order valence-corrected chi connectivity index (χ3v) is 2.92. The van der Waals surface area contributed by atoms with Crippen molar-refractivity contribution < 1.29 is 22.7 Å². The number of nitrogens with zero attached hydrogens (tertiary/aromatic N) is 1. The van der Waals surface area contributed by atoms with Crippen molar-refractivity contribution in [2.45, 2.75) is 6.36 Å². The van der Waals surface area contributed by atoms with Crippen LogP contribution in [0.25, 0.3) is 0 Å². The number of benzene rings is 1. The van der Waals surface area contributed by atoms with E-state index in [0.717, 1.165) is 6.07 Å². The van der Waals surface area contributed by atoms with Gasteiger partial charge in [0.2, 0.25) is 5.78 Å². The van der Waals surface area contributed by atoms with Crippen molar-refractivity contribution in [2.24, 2.45) is 0 Å². The first-order chi connectivity index (χ1) is 9.78. The molecule has 2 aromatic rings. The maximum absolute atomic E-state index is 12.4. The van der Waals surface area contributed by atoms with Crippen molar-refractivity contribution in [3.8, 4) is 5.75 Å². The van der Waals surface area contributed by atoms with Gasteiger partial charge in [-0.25, -0.2) is 4.98 Å². The van der Waals surface area contributed by atoms with Gasteiger partial charge in [0.1, 0.15) is 11.6 Å². The second-order valence-electron chi connectivity index (χ2n) is 3.96. The molecule has 0 saturated heterocycles. The molecule has 0 aliphatic rings. The molecule has 2 rings (SSSR count).